The van der Waals surface area contributed by atoms with Crippen LogP contribution >= 0.6 is 11.6 Å². The first-order valence-electron chi connectivity index (χ1n) is 4.68. The molecular weight excluding hydrogens is 226 g/mol. The van der Waals surface area contributed by atoms with Crippen LogP contribution in [0.3, 0.4) is 0 Å². The van der Waals surface area contributed by atoms with Crippen LogP contribution in [0.4, 0.5) is 0 Å². The molecule has 1 aromatic rings. The van der Waals surface area contributed by atoms with Crippen LogP contribution in [0.1, 0.15) is 11.1 Å². The highest BCUT2D eigenvalue weighted by Gasteiger charge is 2.18. The number of rotatable bonds is 1. The first kappa shape index (κ1) is 10.6. The predicted octanol–water partition coefficient (Wildman–Crippen LogP) is 3.45. The van der Waals surface area contributed by atoms with Gasteiger partial charge in [-0.2, -0.15) is 0 Å². The minimum Gasteiger partial charge on any atom is -0.258 e. The Labute approximate surface area is 97.5 Å². The van der Waals surface area contributed by atoms with Crippen LogP contribution in [0.25, 0.3) is 10.7 Å². The molecule has 0 saturated carbocycles. The number of nitro groups is 1. The van der Waals surface area contributed by atoms with Gasteiger partial charge in [-0.05, 0) is 12.1 Å². The van der Waals surface area contributed by atoms with Crippen LogP contribution in [0.15, 0.2) is 48.6 Å². The normalized spacial score (nSPS) is 22.8. The third-order valence-electron chi connectivity index (χ3n) is 2.26. The Morgan fingerprint density at radius 3 is 2.38 bits per heavy atom. The molecule has 4 heteroatoms. The van der Waals surface area contributed by atoms with E-state index in [0.29, 0.717) is 16.2 Å². The van der Waals surface area contributed by atoms with Gasteiger partial charge in [-0.15, -0.1) is 0 Å². The third kappa shape index (κ3) is 1.90. The van der Waals surface area contributed by atoms with Crippen molar-refractivity contribution in [3.63, 3.8) is 0 Å². The molecule has 0 aliphatic heterocycles. The lowest BCUT2D eigenvalue weighted by atomic mass is 10.0. The fraction of sp³-hybridized carbons (Fsp3) is 0. The average Bonchev–Trinajstić information content (AvgIpc) is 2.26. The second-order valence-corrected chi connectivity index (χ2v) is 3.66. The summed E-state index contributed by atoms with van der Waals surface area (Å²) in [6, 6.07) is 7.02. The maximum Gasteiger partial charge on any atom is 0.277 e. The van der Waals surface area contributed by atoms with E-state index in [9.17, 15) is 10.1 Å². The molecule has 1 aliphatic carbocycles. The highest BCUT2D eigenvalue weighted by molar-refractivity contribution is 6.49. The number of halogens is 1. The van der Waals surface area contributed by atoms with Crippen LogP contribution in [0.5, 0.6) is 0 Å². The lowest BCUT2D eigenvalue weighted by molar-refractivity contribution is -0.375. The molecule has 80 valence electrons. The third-order valence-corrected chi connectivity index (χ3v) is 2.59. The Balaban J connectivity index is 2.69. The van der Waals surface area contributed by atoms with E-state index < -0.39 is 4.92 Å². The fourth-order valence-corrected chi connectivity index (χ4v) is 1.78. The van der Waals surface area contributed by atoms with Gasteiger partial charge < -0.3 is 0 Å². The number of hydrogen-bond acceptors (Lipinski definition) is 2. The van der Waals surface area contributed by atoms with E-state index >= 15 is 0 Å². The van der Waals surface area contributed by atoms with Gasteiger partial charge in [0.25, 0.3) is 5.70 Å². The molecule has 1 aromatic carbocycles. The van der Waals surface area contributed by atoms with E-state index in [0.717, 1.165) is 0 Å². The maximum absolute atomic E-state index is 10.9. The molecule has 0 N–H and O–H groups in total. The molecule has 0 fully saturated rings. The van der Waals surface area contributed by atoms with Crippen LogP contribution in [-0.2, 0) is 0 Å². The molecule has 0 unspecified atom stereocenters. The second kappa shape index (κ2) is 4.33. The first-order chi connectivity index (χ1) is 7.70. The van der Waals surface area contributed by atoms with Gasteiger partial charge in [0.05, 0.1) is 10.5 Å². The summed E-state index contributed by atoms with van der Waals surface area (Å²) >= 11 is 6.05. The highest BCUT2D eigenvalue weighted by Crippen LogP contribution is 2.29. The molecule has 3 nitrogen and oxygen atoms in total. The molecule has 2 rings (SSSR count). The summed E-state index contributed by atoms with van der Waals surface area (Å²) in [5, 5.41) is 11.4. The van der Waals surface area contributed by atoms with E-state index in [4.69, 9.17) is 11.6 Å². The van der Waals surface area contributed by atoms with E-state index in [1.165, 1.54) is 6.08 Å². The maximum atomic E-state index is 10.9. The van der Waals surface area contributed by atoms with Crippen molar-refractivity contribution in [2.24, 2.45) is 0 Å². The van der Waals surface area contributed by atoms with Gasteiger partial charge in [0.1, 0.15) is 0 Å². The topological polar surface area (TPSA) is 43.1 Å². The molecule has 0 aromatic heterocycles. The van der Waals surface area contributed by atoms with Gasteiger partial charge in [-0.3, -0.25) is 10.1 Å². The summed E-state index contributed by atoms with van der Waals surface area (Å²) < 4.78 is 0. The Hall–Kier alpha value is -1.87. The average molecular weight is 234 g/mol. The van der Waals surface area contributed by atoms with Gasteiger partial charge in [0.2, 0.25) is 0 Å². The Morgan fingerprint density at radius 1 is 1.06 bits per heavy atom. The molecule has 0 amide bonds. The van der Waals surface area contributed by atoms with Gasteiger partial charge >= 0.3 is 0 Å². The predicted molar refractivity (Wildman–Crippen MR) is 64.4 cm³/mol. The van der Waals surface area contributed by atoms with E-state index in [1.807, 2.05) is 0 Å². The standard InChI is InChI=1S/C12H8ClNO2/c13-11-7-3-4-8-12(14(15)16)10-6-2-1-5-9(10)11/h1-8H/b4-3-,7-3?,8-4?,11-7+,11-9?,12-8+,12-10?. The summed E-state index contributed by atoms with van der Waals surface area (Å²) in [6.45, 7) is 0. The minimum atomic E-state index is -0.404. The van der Waals surface area contributed by atoms with Crippen LogP contribution < -0.4 is 0 Å². The van der Waals surface area contributed by atoms with Gasteiger partial charge in [0, 0.05) is 16.7 Å². The smallest absolute Gasteiger partial charge is 0.258 e. The lowest BCUT2D eigenvalue weighted by Crippen LogP contribution is -2.01. The van der Waals surface area contributed by atoms with Crippen molar-refractivity contribution in [3.8, 4) is 0 Å². The summed E-state index contributed by atoms with van der Waals surface area (Å²) in [4.78, 5) is 10.5. The van der Waals surface area contributed by atoms with Crippen molar-refractivity contribution in [2.45, 2.75) is 0 Å². The molecule has 1 aliphatic rings. The quantitative estimate of drug-likeness (QED) is 0.551. The number of benzene rings is 1. The summed E-state index contributed by atoms with van der Waals surface area (Å²) in [5.74, 6) is 0. The minimum absolute atomic E-state index is 0.0538. The van der Waals surface area contributed by atoms with Gasteiger partial charge in [0.15, 0.2) is 0 Å². The SMILES string of the molecule is O=[N+]([O-])/C1=C/C=C\C=C(\Cl)c2ccccc21. The zero-order chi connectivity index (χ0) is 11.5. The molecule has 0 heterocycles. The number of nitrogens with zero attached hydrogens (tertiary/aromatic N) is 1. The van der Waals surface area contributed by atoms with E-state index in [2.05, 4.69) is 0 Å². The molecule has 0 saturated heterocycles. The zero-order valence-corrected chi connectivity index (χ0v) is 9.02. The molecule has 16 heavy (non-hydrogen) atoms. The van der Waals surface area contributed by atoms with Crippen molar-refractivity contribution in [2.75, 3.05) is 0 Å². The largest absolute Gasteiger partial charge is 0.277 e. The van der Waals surface area contributed by atoms with Crippen molar-refractivity contribution in [1.29, 1.82) is 0 Å². The first-order valence-corrected chi connectivity index (χ1v) is 5.06. The Kier molecular flexibility index (Phi) is 2.88. The zero-order valence-electron chi connectivity index (χ0n) is 8.26. The van der Waals surface area contributed by atoms with Gasteiger partial charge in [-0.1, -0.05) is 42.0 Å². The fourth-order valence-electron chi connectivity index (χ4n) is 1.54. The number of hydrogen-bond donors (Lipinski definition) is 0. The van der Waals surface area contributed by atoms with Crippen molar-refractivity contribution >= 4 is 22.3 Å². The Morgan fingerprint density at radius 2 is 1.69 bits per heavy atom. The monoisotopic (exact) mass is 233 g/mol. The second-order valence-electron chi connectivity index (χ2n) is 3.25. The van der Waals surface area contributed by atoms with Crippen LogP contribution in [-0.4, -0.2) is 4.92 Å². The molecule has 0 bridgehead atoms. The molecule has 0 radical (unpaired) electrons. The van der Waals surface area contributed by atoms with Crippen molar-refractivity contribution in [1.82, 2.24) is 0 Å². The summed E-state index contributed by atoms with van der Waals surface area (Å²) in [5.41, 5.74) is 1.27. The highest BCUT2D eigenvalue weighted by atomic mass is 35.5. The number of allylic oxidation sites excluding steroid dienone is 4. The van der Waals surface area contributed by atoms with Crippen molar-refractivity contribution in [3.05, 3.63) is 69.8 Å². The molecular formula is C12H8ClNO2. The molecule has 0 atom stereocenters. The van der Waals surface area contributed by atoms with E-state index in [1.54, 1.807) is 42.5 Å². The van der Waals surface area contributed by atoms with Crippen LogP contribution in [0.2, 0.25) is 0 Å². The van der Waals surface area contributed by atoms with E-state index in [-0.39, 0.29) is 5.70 Å². The summed E-state index contributed by atoms with van der Waals surface area (Å²) in [7, 11) is 0. The van der Waals surface area contributed by atoms with Crippen LogP contribution in [0, 0.1) is 10.1 Å². The molecule has 0 spiro atoms. The van der Waals surface area contributed by atoms with Gasteiger partial charge in [-0.25, -0.2) is 0 Å². The number of fused-ring (bicyclic) bond motifs is 1. The Bertz CT molecular complexity index is 530. The summed E-state index contributed by atoms with van der Waals surface area (Å²) in [6.07, 6.45) is 6.48. The van der Waals surface area contributed by atoms with Crippen molar-refractivity contribution < 1.29 is 4.92 Å². The lowest BCUT2D eigenvalue weighted by Gasteiger charge is -2.07.